The molecular formula is C16H15F3N2O3. The summed E-state index contributed by atoms with van der Waals surface area (Å²) in [6.07, 6.45) is -5.82. The molecule has 0 saturated carbocycles. The van der Waals surface area contributed by atoms with Crippen LogP contribution in [0.5, 0.6) is 0 Å². The minimum atomic E-state index is -4.51. The quantitative estimate of drug-likeness (QED) is 0.798. The second-order valence-corrected chi connectivity index (χ2v) is 5.27. The second kappa shape index (κ2) is 6.88. The van der Waals surface area contributed by atoms with Crippen molar-refractivity contribution in [3.05, 3.63) is 69.1 Å². The zero-order valence-corrected chi connectivity index (χ0v) is 12.6. The van der Waals surface area contributed by atoms with E-state index in [4.69, 9.17) is 0 Å². The topological polar surface area (TPSA) is 82.2 Å². The van der Waals surface area contributed by atoms with Gasteiger partial charge in [0.15, 0.2) is 0 Å². The second-order valence-electron chi connectivity index (χ2n) is 5.27. The molecule has 1 aromatic carbocycles. The molecule has 0 aliphatic heterocycles. The molecule has 8 heteroatoms. The normalized spacial score (nSPS) is 12.7. The summed E-state index contributed by atoms with van der Waals surface area (Å²) in [5.74, 6) is -0.602. The number of carbonyl (C=O) groups is 1. The molecule has 0 aliphatic carbocycles. The highest BCUT2D eigenvalue weighted by atomic mass is 19.4. The fourth-order valence-electron chi connectivity index (χ4n) is 2.15. The number of H-pyrrole nitrogens is 1. The first-order chi connectivity index (χ1) is 11.2. The molecule has 1 atom stereocenters. The SMILES string of the molecule is Cc1cc(C(=O)NCC(O)c2cccc(C(F)(F)F)c2)cc(=O)[nH]1. The van der Waals surface area contributed by atoms with Crippen molar-refractivity contribution in [1.82, 2.24) is 10.3 Å². The first-order valence-electron chi connectivity index (χ1n) is 7.01. The molecule has 0 saturated heterocycles. The number of pyridine rings is 1. The summed E-state index contributed by atoms with van der Waals surface area (Å²) >= 11 is 0. The average molecular weight is 340 g/mol. The Labute approximate surface area is 135 Å². The number of aryl methyl sites for hydroxylation is 1. The number of halogens is 3. The maximum absolute atomic E-state index is 12.7. The third-order valence-electron chi connectivity index (χ3n) is 3.30. The molecule has 1 unspecified atom stereocenters. The van der Waals surface area contributed by atoms with Gasteiger partial charge in [0.2, 0.25) is 5.56 Å². The van der Waals surface area contributed by atoms with Crippen molar-refractivity contribution in [2.24, 2.45) is 0 Å². The van der Waals surface area contributed by atoms with E-state index in [0.29, 0.717) is 5.69 Å². The number of aliphatic hydroxyl groups excluding tert-OH is 1. The van der Waals surface area contributed by atoms with Gasteiger partial charge in [-0.2, -0.15) is 13.2 Å². The van der Waals surface area contributed by atoms with E-state index in [9.17, 15) is 27.9 Å². The molecule has 5 nitrogen and oxygen atoms in total. The molecule has 1 aromatic heterocycles. The molecule has 128 valence electrons. The molecule has 3 N–H and O–H groups in total. The minimum Gasteiger partial charge on any atom is -0.387 e. The zero-order valence-electron chi connectivity index (χ0n) is 12.6. The molecular weight excluding hydrogens is 325 g/mol. The molecule has 2 aromatic rings. The Morgan fingerprint density at radius 2 is 2.00 bits per heavy atom. The first kappa shape index (κ1) is 17.7. The minimum absolute atomic E-state index is 0.0345. The van der Waals surface area contributed by atoms with Gasteiger partial charge in [-0.1, -0.05) is 12.1 Å². The number of benzene rings is 1. The smallest absolute Gasteiger partial charge is 0.387 e. The molecule has 24 heavy (non-hydrogen) atoms. The van der Waals surface area contributed by atoms with Crippen molar-refractivity contribution in [3.63, 3.8) is 0 Å². The summed E-state index contributed by atoms with van der Waals surface area (Å²) in [4.78, 5) is 25.8. The lowest BCUT2D eigenvalue weighted by molar-refractivity contribution is -0.137. The third kappa shape index (κ3) is 4.45. The van der Waals surface area contributed by atoms with Gasteiger partial charge < -0.3 is 15.4 Å². The van der Waals surface area contributed by atoms with Crippen LogP contribution < -0.4 is 10.9 Å². The van der Waals surface area contributed by atoms with E-state index in [1.165, 1.54) is 18.2 Å². The van der Waals surface area contributed by atoms with Crippen molar-refractivity contribution >= 4 is 5.91 Å². The van der Waals surface area contributed by atoms with Crippen molar-refractivity contribution in [3.8, 4) is 0 Å². The van der Waals surface area contributed by atoms with Gasteiger partial charge in [0, 0.05) is 23.9 Å². The molecule has 1 heterocycles. The van der Waals surface area contributed by atoms with Gasteiger partial charge in [0.1, 0.15) is 0 Å². The number of hydrogen-bond acceptors (Lipinski definition) is 3. The molecule has 0 spiro atoms. The number of hydrogen-bond donors (Lipinski definition) is 3. The van der Waals surface area contributed by atoms with E-state index < -0.39 is 29.3 Å². The fourth-order valence-corrected chi connectivity index (χ4v) is 2.15. The highest BCUT2D eigenvalue weighted by Gasteiger charge is 2.30. The fraction of sp³-hybridized carbons (Fsp3) is 0.250. The number of rotatable bonds is 4. The van der Waals surface area contributed by atoms with Gasteiger partial charge in [-0.05, 0) is 30.7 Å². The number of aromatic nitrogens is 1. The Morgan fingerprint density at radius 3 is 2.62 bits per heavy atom. The Morgan fingerprint density at radius 1 is 1.29 bits per heavy atom. The van der Waals surface area contributed by atoms with Gasteiger partial charge in [-0.3, -0.25) is 9.59 Å². The summed E-state index contributed by atoms with van der Waals surface area (Å²) < 4.78 is 38.0. The van der Waals surface area contributed by atoms with E-state index in [0.717, 1.165) is 18.2 Å². The van der Waals surface area contributed by atoms with Crippen LogP contribution in [0.4, 0.5) is 13.2 Å². The van der Waals surface area contributed by atoms with Gasteiger partial charge in [-0.25, -0.2) is 0 Å². The van der Waals surface area contributed by atoms with Gasteiger partial charge in [0.05, 0.1) is 11.7 Å². The lowest BCUT2D eigenvalue weighted by Gasteiger charge is -2.14. The lowest BCUT2D eigenvalue weighted by atomic mass is 10.1. The average Bonchev–Trinajstić information content (AvgIpc) is 2.50. The number of carbonyl (C=O) groups excluding carboxylic acids is 1. The summed E-state index contributed by atoms with van der Waals surface area (Å²) in [6.45, 7) is 1.32. The zero-order chi connectivity index (χ0) is 17.9. The Balaban J connectivity index is 2.06. The molecule has 0 aliphatic rings. The molecule has 0 radical (unpaired) electrons. The summed E-state index contributed by atoms with van der Waals surface area (Å²) in [5.41, 5.74) is -0.694. The van der Waals surface area contributed by atoms with E-state index in [2.05, 4.69) is 10.3 Å². The lowest BCUT2D eigenvalue weighted by Crippen LogP contribution is -2.29. The van der Waals surface area contributed by atoms with E-state index >= 15 is 0 Å². The Kier molecular flexibility index (Phi) is 5.08. The number of amides is 1. The van der Waals surface area contributed by atoms with Crippen LogP contribution in [0.25, 0.3) is 0 Å². The monoisotopic (exact) mass is 340 g/mol. The first-order valence-corrected chi connectivity index (χ1v) is 7.01. The predicted octanol–water partition coefficient (Wildman–Crippen LogP) is 2.17. The van der Waals surface area contributed by atoms with Crippen LogP contribution in [0.2, 0.25) is 0 Å². The van der Waals surface area contributed by atoms with Gasteiger partial charge >= 0.3 is 6.18 Å². The standard InChI is InChI=1S/C16H15F3N2O3/c1-9-5-11(7-14(23)21-9)15(24)20-8-13(22)10-3-2-4-12(6-10)16(17,18)19/h2-7,13,22H,8H2,1H3,(H,20,24)(H,21,23). The Bertz CT molecular complexity index is 800. The number of aliphatic hydroxyl groups is 1. The van der Waals surface area contributed by atoms with Crippen LogP contribution in [-0.2, 0) is 6.18 Å². The summed E-state index contributed by atoms with van der Waals surface area (Å²) in [6, 6.07) is 6.79. The molecule has 0 bridgehead atoms. The van der Waals surface area contributed by atoms with E-state index in [-0.39, 0.29) is 17.7 Å². The molecule has 2 rings (SSSR count). The van der Waals surface area contributed by atoms with Crippen molar-refractivity contribution < 1.29 is 23.1 Å². The highest BCUT2D eigenvalue weighted by Crippen LogP contribution is 2.30. The van der Waals surface area contributed by atoms with Crippen molar-refractivity contribution in [2.75, 3.05) is 6.54 Å². The van der Waals surface area contributed by atoms with Crippen molar-refractivity contribution in [2.45, 2.75) is 19.2 Å². The van der Waals surface area contributed by atoms with Crippen LogP contribution in [0.3, 0.4) is 0 Å². The van der Waals surface area contributed by atoms with Gasteiger partial charge in [-0.15, -0.1) is 0 Å². The highest BCUT2D eigenvalue weighted by molar-refractivity contribution is 5.94. The van der Waals surface area contributed by atoms with Crippen molar-refractivity contribution in [1.29, 1.82) is 0 Å². The number of nitrogens with one attached hydrogen (secondary N) is 2. The van der Waals surface area contributed by atoms with E-state index in [1.807, 2.05) is 0 Å². The maximum Gasteiger partial charge on any atom is 0.416 e. The van der Waals surface area contributed by atoms with Crippen LogP contribution in [0.15, 0.2) is 41.2 Å². The molecule has 1 amide bonds. The van der Waals surface area contributed by atoms with E-state index in [1.54, 1.807) is 6.92 Å². The van der Waals surface area contributed by atoms with Crippen LogP contribution in [0, 0.1) is 6.92 Å². The third-order valence-corrected chi connectivity index (χ3v) is 3.30. The number of aromatic amines is 1. The van der Waals surface area contributed by atoms with Gasteiger partial charge in [0.25, 0.3) is 5.91 Å². The predicted molar refractivity (Wildman–Crippen MR) is 80.5 cm³/mol. The van der Waals surface area contributed by atoms with Crippen LogP contribution in [0.1, 0.15) is 33.3 Å². The Hall–Kier alpha value is -2.61. The molecule has 0 fully saturated rings. The summed E-state index contributed by atoms with van der Waals surface area (Å²) in [5, 5.41) is 12.4. The largest absolute Gasteiger partial charge is 0.416 e. The van der Waals surface area contributed by atoms with Crippen LogP contribution >= 0.6 is 0 Å². The number of alkyl halides is 3. The maximum atomic E-state index is 12.7. The summed E-state index contributed by atoms with van der Waals surface area (Å²) in [7, 11) is 0. The van der Waals surface area contributed by atoms with Crippen LogP contribution in [-0.4, -0.2) is 22.5 Å².